The summed E-state index contributed by atoms with van der Waals surface area (Å²) in [6, 6.07) is 11.4. The van der Waals surface area contributed by atoms with Crippen LogP contribution in [0.15, 0.2) is 42.5 Å². The molecule has 2 aromatic rings. The van der Waals surface area contributed by atoms with Crippen molar-refractivity contribution in [2.45, 2.75) is 19.4 Å². The number of nitrogens with one attached hydrogen (secondary N) is 1. The first-order valence-electron chi connectivity index (χ1n) is 9.80. The Morgan fingerprint density at radius 3 is 2.76 bits per heavy atom. The van der Waals surface area contributed by atoms with Gasteiger partial charge in [-0.3, -0.25) is 14.9 Å². The van der Waals surface area contributed by atoms with Gasteiger partial charge in [0, 0.05) is 44.0 Å². The zero-order valence-corrected chi connectivity index (χ0v) is 16.2. The first-order valence-corrected chi connectivity index (χ1v) is 9.80. The van der Waals surface area contributed by atoms with Crippen LogP contribution in [0.2, 0.25) is 0 Å². The molecule has 1 amide bonds. The number of benzene rings is 2. The molecule has 1 saturated heterocycles. The predicted octanol–water partition coefficient (Wildman–Crippen LogP) is 2.74. The number of fused-ring (bicyclic) bond motifs is 3. The minimum atomic E-state index is -0.413. The Kier molecular flexibility index (Phi) is 5.08. The monoisotopic (exact) mass is 398 g/mol. The van der Waals surface area contributed by atoms with E-state index >= 15 is 0 Å². The summed E-state index contributed by atoms with van der Waals surface area (Å²) in [7, 11) is 0. The standard InChI is InChI=1S/C21H23FN4O3/c1-2-23-21(27)16-12-14-11-15(26(28)29)7-8-18(14)25-10-9-24(13-20(16)25)19-6-4-3-5-17(19)22/h3-8,11,16,20H,2,9-10,12-13H2,1H3,(H,23,27). The molecule has 2 heterocycles. The van der Waals surface area contributed by atoms with Crippen molar-refractivity contribution in [1.29, 1.82) is 0 Å². The first-order chi connectivity index (χ1) is 14.0. The Morgan fingerprint density at radius 1 is 1.24 bits per heavy atom. The number of rotatable bonds is 4. The van der Waals surface area contributed by atoms with Crippen LogP contribution in [0.5, 0.6) is 0 Å². The van der Waals surface area contributed by atoms with Crippen molar-refractivity contribution in [2.24, 2.45) is 5.92 Å². The smallest absolute Gasteiger partial charge is 0.269 e. The zero-order chi connectivity index (χ0) is 20.5. The highest BCUT2D eigenvalue weighted by Crippen LogP contribution is 2.38. The van der Waals surface area contributed by atoms with Gasteiger partial charge in [0.25, 0.3) is 5.69 Å². The van der Waals surface area contributed by atoms with Gasteiger partial charge in [0.05, 0.1) is 22.6 Å². The maximum Gasteiger partial charge on any atom is 0.269 e. The summed E-state index contributed by atoms with van der Waals surface area (Å²) in [5.41, 5.74) is 2.30. The molecule has 2 aliphatic rings. The highest BCUT2D eigenvalue weighted by Gasteiger charge is 2.42. The van der Waals surface area contributed by atoms with Gasteiger partial charge in [-0.2, -0.15) is 0 Å². The second-order valence-corrected chi connectivity index (χ2v) is 7.43. The van der Waals surface area contributed by atoms with Gasteiger partial charge in [0.15, 0.2) is 0 Å². The highest BCUT2D eigenvalue weighted by molar-refractivity contribution is 5.82. The molecule has 2 aromatic carbocycles. The second kappa shape index (κ2) is 7.69. The fraction of sp³-hybridized carbons (Fsp3) is 0.381. The van der Waals surface area contributed by atoms with E-state index in [1.165, 1.54) is 12.1 Å². The fourth-order valence-corrected chi connectivity index (χ4v) is 4.46. The molecule has 0 radical (unpaired) electrons. The lowest BCUT2D eigenvalue weighted by Gasteiger charge is -2.49. The third-order valence-corrected chi connectivity index (χ3v) is 5.79. The van der Waals surface area contributed by atoms with Gasteiger partial charge in [0.1, 0.15) is 5.82 Å². The second-order valence-electron chi connectivity index (χ2n) is 7.43. The molecule has 2 aliphatic heterocycles. The van der Waals surface area contributed by atoms with Crippen LogP contribution in [-0.2, 0) is 11.2 Å². The average Bonchev–Trinajstić information content (AvgIpc) is 2.72. The van der Waals surface area contributed by atoms with Crippen LogP contribution in [0.25, 0.3) is 0 Å². The quantitative estimate of drug-likeness (QED) is 0.633. The van der Waals surface area contributed by atoms with E-state index in [0.29, 0.717) is 38.3 Å². The minimum absolute atomic E-state index is 0.0295. The van der Waals surface area contributed by atoms with Gasteiger partial charge in [-0.15, -0.1) is 0 Å². The van der Waals surface area contributed by atoms with E-state index in [4.69, 9.17) is 0 Å². The van der Waals surface area contributed by atoms with E-state index in [2.05, 4.69) is 10.2 Å². The number of amides is 1. The Balaban J connectivity index is 1.70. The molecule has 0 aromatic heterocycles. The summed E-state index contributed by atoms with van der Waals surface area (Å²) in [6.07, 6.45) is 0.426. The van der Waals surface area contributed by atoms with Crippen LogP contribution < -0.4 is 15.1 Å². The largest absolute Gasteiger partial charge is 0.365 e. The van der Waals surface area contributed by atoms with Crippen molar-refractivity contribution in [3.05, 3.63) is 64.0 Å². The minimum Gasteiger partial charge on any atom is -0.365 e. The molecule has 1 fully saturated rings. The number of carbonyl (C=O) groups is 1. The number of hydrogen-bond donors (Lipinski definition) is 1. The highest BCUT2D eigenvalue weighted by atomic mass is 19.1. The molecule has 0 spiro atoms. The summed E-state index contributed by atoms with van der Waals surface area (Å²) in [5.74, 6) is -0.712. The molecule has 2 unspecified atom stereocenters. The Morgan fingerprint density at radius 2 is 2.03 bits per heavy atom. The maximum atomic E-state index is 14.3. The van der Waals surface area contributed by atoms with E-state index in [1.54, 1.807) is 30.3 Å². The number of nitro groups is 1. The molecular formula is C21H23FN4O3. The normalized spacial score (nSPS) is 20.6. The number of para-hydroxylation sites is 1. The van der Waals surface area contributed by atoms with Crippen LogP contribution in [0.4, 0.5) is 21.5 Å². The van der Waals surface area contributed by atoms with Gasteiger partial charge in [0.2, 0.25) is 5.91 Å². The molecule has 2 atom stereocenters. The van der Waals surface area contributed by atoms with Gasteiger partial charge < -0.3 is 15.1 Å². The molecule has 7 nitrogen and oxygen atoms in total. The molecule has 1 N–H and O–H groups in total. The molecule has 4 rings (SSSR count). The summed E-state index contributed by atoms with van der Waals surface area (Å²) in [5, 5.41) is 14.1. The van der Waals surface area contributed by atoms with Crippen LogP contribution in [0.1, 0.15) is 12.5 Å². The number of piperazine rings is 1. The van der Waals surface area contributed by atoms with Crippen molar-refractivity contribution in [2.75, 3.05) is 36.0 Å². The Labute approximate surface area is 168 Å². The Bertz CT molecular complexity index is 951. The van der Waals surface area contributed by atoms with Crippen molar-refractivity contribution >= 4 is 23.0 Å². The molecule has 0 aliphatic carbocycles. The lowest BCUT2D eigenvalue weighted by molar-refractivity contribution is -0.384. The number of halogens is 1. The van der Waals surface area contributed by atoms with Gasteiger partial charge in [-0.25, -0.2) is 4.39 Å². The Hall–Kier alpha value is -3.16. The van der Waals surface area contributed by atoms with Crippen LogP contribution in [-0.4, -0.2) is 43.1 Å². The summed E-state index contributed by atoms with van der Waals surface area (Å²) >= 11 is 0. The molecule has 0 bridgehead atoms. The first kappa shape index (κ1) is 19.2. The van der Waals surface area contributed by atoms with E-state index in [9.17, 15) is 19.3 Å². The summed E-state index contributed by atoms with van der Waals surface area (Å²) < 4.78 is 14.3. The predicted molar refractivity (Wildman–Crippen MR) is 109 cm³/mol. The van der Waals surface area contributed by atoms with Crippen molar-refractivity contribution in [1.82, 2.24) is 5.32 Å². The molecule has 8 heteroatoms. The SMILES string of the molecule is CCNC(=O)C1Cc2cc([N+](=O)[O-])ccc2N2CCN(c3ccccc3F)CC12. The van der Waals surface area contributed by atoms with Crippen LogP contribution >= 0.6 is 0 Å². The van der Waals surface area contributed by atoms with E-state index in [1.807, 2.05) is 11.8 Å². The van der Waals surface area contributed by atoms with Crippen LogP contribution in [0, 0.1) is 21.8 Å². The number of nitro benzene ring substituents is 1. The molecule has 0 saturated carbocycles. The number of nitrogens with zero attached hydrogens (tertiary/aromatic N) is 3. The third-order valence-electron chi connectivity index (χ3n) is 5.79. The number of anilines is 2. The fourth-order valence-electron chi connectivity index (χ4n) is 4.46. The number of carbonyl (C=O) groups excluding carboxylic acids is 1. The van der Waals surface area contributed by atoms with E-state index < -0.39 is 4.92 Å². The molecule has 152 valence electrons. The van der Waals surface area contributed by atoms with Crippen molar-refractivity contribution < 1.29 is 14.1 Å². The maximum absolute atomic E-state index is 14.3. The molecule has 29 heavy (non-hydrogen) atoms. The van der Waals surface area contributed by atoms with Gasteiger partial charge >= 0.3 is 0 Å². The topological polar surface area (TPSA) is 78.7 Å². The number of non-ortho nitro benzene ring substituents is 1. The molecular weight excluding hydrogens is 375 g/mol. The van der Waals surface area contributed by atoms with Crippen LogP contribution in [0.3, 0.4) is 0 Å². The third kappa shape index (κ3) is 3.50. The zero-order valence-electron chi connectivity index (χ0n) is 16.2. The van der Waals surface area contributed by atoms with Gasteiger partial charge in [-0.05, 0) is 37.1 Å². The summed E-state index contributed by atoms with van der Waals surface area (Å²) in [6.45, 7) is 4.11. The lowest BCUT2D eigenvalue weighted by Crippen LogP contribution is -2.61. The van der Waals surface area contributed by atoms with E-state index in [0.717, 1.165) is 11.3 Å². The summed E-state index contributed by atoms with van der Waals surface area (Å²) in [4.78, 5) is 27.7. The lowest BCUT2D eigenvalue weighted by atomic mass is 9.83. The number of hydrogen-bond acceptors (Lipinski definition) is 5. The van der Waals surface area contributed by atoms with Gasteiger partial charge in [-0.1, -0.05) is 12.1 Å². The average molecular weight is 398 g/mol. The van der Waals surface area contributed by atoms with E-state index in [-0.39, 0.29) is 29.4 Å². The van der Waals surface area contributed by atoms with Crippen molar-refractivity contribution in [3.8, 4) is 0 Å². The van der Waals surface area contributed by atoms with Crippen molar-refractivity contribution in [3.63, 3.8) is 0 Å².